The van der Waals surface area contributed by atoms with Crippen LogP contribution >= 0.6 is 11.3 Å². The molecule has 0 aliphatic rings. The number of rotatable bonds is 7. The molecule has 5 nitrogen and oxygen atoms in total. The van der Waals surface area contributed by atoms with Gasteiger partial charge in [-0.1, -0.05) is 36.4 Å². The number of amides is 1. The van der Waals surface area contributed by atoms with E-state index >= 15 is 0 Å². The SMILES string of the molecule is COc1ccc(CC(=O)Nc2ncc(Cc3ccccc3)s2)cc1OC. The van der Waals surface area contributed by atoms with Crippen LogP contribution in [0.25, 0.3) is 0 Å². The van der Waals surface area contributed by atoms with Crippen molar-refractivity contribution in [1.29, 1.82) is 0 Å². The number of anilines is 1. The van der Waals surface area contributed by atoms with Crippen molar-refractivity contribution in [2.45, 2.75) is 12.8 Å². The van der Waals surface area contributed by atoms with Gasteiger partial charge < -0.3 is 14.8 Å². The van der Waals surface area contributed by atoms with E-state index in [1.807, 2.05) is 30.5 Å². The van der Waals surface area contributed by atoms with Crippen LogP contribution in [0.4, 0.5) is 5.13 Å². The minimum atomic E-state index is -0.113. The molecule has 0 bridgehead atoms. The van der Waals surface area contributed by atoms with Gasteiger partial charge in [-0.3, -0.25) is 4.79 Å². The van der Waals surface area contributed by atoms with Crippen molar-refractivity contribution < 1.29 is 14.3 Å². The number of hydrogen-bond donors (Lipinski definition) is 1. The molecule has 3 rings (SSSR count). The van der Waals surface area contributed by atoms with Crippen LogP contribution in [0.5, 0.6) is 11.5 Å². The molecular formula is C20H20N2O3S. The standard InChI is InChI=1S/C20H20N2O3S/c1-24-17-9-8-15(11-18(17)25-2)12-19(23)22-20-21-13-16(26-20)10-14-6-4-3-5-7-14/h3-9,11,13H,10,12H2,1-2H3,(H,21,22,23). The highest BCUT2D eigenvalue weighted by Crippen LogP contribution is 2.28. The lowest BCUT2D eigenvalue weighted by Crippen LogP contribution is -2.14. The monoisotopic (exact) mass is 368 g/mol. The number of carbonyl (C=O) groups excluding carboxylic acids is 1. The van der Waals surface area contributed by atoms with Crippen molar-refractivity contribution in [1.82, 2.24) is 4.98 Å². The predicted octanol–water partition coefficient (Wildman–Crippen LogP) is 3.93. The van der Waals surface area contributed by atoms with Gasteiger partial charge in [-0.25, -0.2) is 4.98 Å². The van der Waals surface area contributed by atoms with Crippen LogP contribution in [0.1, 0.15) is 16.0 Å². The highest BCUT2D eigenvalue weighted by atomic mass is 32.1. The van der Waals surface area contributed by atoms with Crippen molar-refractivity contribution in [2.75, 3.05) is 19.5 Å². The fourth-order valence-corrected chi connectivity index (χ4v) is 3.45. The molecule has 0 aliphatic carbocycles. The van der Waals surface area contributed by atoms with Gasteiger partial charge in [0, 0.05) is 17.5 Å². The van der Waals surface area contributed by atoms with E-state index in [-0.39, 0.29) is 12.3 Å². The number of aromatic nitrogens is 1. The van der Waals surface area contributed by atoms with Crippen LogP contribution < -0.4 is 14.8 Å². The summed E-state index contributed by atoms with van der Waals surface area (Å²) in [5, 5.41) is 3.47. The number of thiazole rings is 1. The summed E-state index contributed by atoms with van der Waals surface area (Å²) in [4.78, 5) is 17.7. The fourth-order valence-electron chi connectivity index (χ4n) is 2.58. The maximum Gasteiger partial charge on any atom is 0.230 e. The van der Waals surface area contributed by atoms with Gasteiger partial charge in [0.1, 0.15) is 0 Å². The molecular weight excluding hydrogens is 348 g/mol. The second-order valence-corrected chi connectivity index (χ2v) is 6.82. The second kappa shape index (κ2) is 8.49. The third-order valence-electron chi connectivity index (χ3n) is 3.83. The number of nitrogens with zero attached hydrogens (tertiary/aromatic N) is 1. The molecule has 1 aromatic heterocycles. The molecule has 0 aliphatic heterocycles. The van der Waals surface area contributed by atoms with Crippen LogP contribution in [-0.2, 0) is 17.6 Å². The first kappa shape index (κ1) is 17.9. The smallest absolute Gasteiger partial charge is 0.230 e. The summed E-state index contributed by atoms with van der Waals surface area (Å²) in [6, 6.07) is 15.6. The number of benzene rings is 2. The lowest BCUT2D eigenvalue weighted by Gasteiger charge is -2.09. The highest BCUT2D eigenvalue weighted by Gasteiger charge is 2.11. The van der Waals surface area contributed by atoms with Crippen LogP contribution in [0.3, 0.4) is 0 Å². The van der Waals surface area contributed by atoms with Gasteiger partial charge in [-0.05, 0) is 23.3 Å². The largest absolute Gasteiger partial charge is 0.493 e. The van der Waals surface area contributed by atoms with Gasteiger partial charge in [0.2, 0.25) is 5.91 Å². The predicted molar refractivity (Wildman–Crippen MR) is 103 cm³/mol. The molecule has 0 fully saturated rings. The van der Waals surface area contributed by atoms with Crippen molar-refractivity contribution >= 4 is 22.4 Å². The first-order valence-corrected chi connectivity index (χ1v) is 8.99. The summed E-state index contributed by atoms with van der Waals surface area (Å²) >= 11 is 1.49. The Labute approximate surface area is 156 Å². The Morgan fingerprint density at radius 3 is 2.54 bits per heavy atom. The summed E-state index contributed by atoms with van der Waals surface area (Å²) in [5.74, 6) is 1.14. The van der Waals surface area contributed by atoms with Gasteiger partial charge in [0.15, 0.2) is 16.6 Å². The Balaban J connectivity index is 1.60. The summed E-state index contributed by atoms with van der Waals surface area (Å²) in [6.45, 7) is 0. The number of methoxy groups -OCH3 is 2. The maximum atomic E-state index is 12.3. The van der Waals surface area contributed by atoms with Gasteiger partial charge >= 0.3 is 0 Å². The zero-order valence-corrected chi connectivity index (χ0v) is 15.5. The molecule has 0 radical (unpaired) electrons. The Bertz CT molecular complexity index is 878. The molecule has 6 heteroatoms. The quantitative estimate of drug-likeness (QED) is 0.686. The molecule has 0 saturated carbocycles. The lowest BCUT2D eigenvalue weighted by molar-refractivity contribution is -0.115. The minimum absolute atomic E-state index is 0.113. The minimum Gasteiger partial charge on any atom is -0.493 e. The summed E-state index contributed by atoms with van der Waals surface area (Å²) in [5.41, 5.74) is 2.07. The van der Waals surface area contributed by atoms with E-state index in [0.717, 1.165) is 16.9 Å². The van der Waals surface area contributed by atoms with Crippen molar-refractivity contribution in [3.63, 3.8) is 0 Å². The third kappa shape index (κ3) is 4.61. The number of ether oxygens (including phenoxy) is 2. The maximum absolute atomic E-state index is 12.3. The Morgan fingerprint density at radius 2 is 1.81 bits per heavy atom. The molecule has 0 atom stereocenters. The van der Waals surface area contributed by atoms with E-state index in [2.05, 4.69) is 22.4 Å². The lowest BCUT2D eigenvalue weighted by atomic mass is 10.1. The van der Waals surface area contributed by atoms with Gasteiger partial charge in [-0.15, -0.1) is 11.3 Å². The van der Waals surface area contributed by atoms with Crippen molar-refractivity contribution in [3.8, 4) is 11.5 Å². The average molecular weight is 368 g/mol. The van der Waals surface area contributed by atoms with E-state index in [9.17, 15) is 4.79 Å². The van der Waals surface area contributed by atoms with Gasteiger partial charge in [0.25, 0.3) is 0 Å². The Morgan fingerprint density at radius 1 is 1.04 bits per heavy atom. The van der Waals surface area contributed by atoms with Crippen molar-refractivity contribution in [3.05, 3.63) is 70.7 Å². The molecule has 1 amide bonds. The molecule has 0 saturated heterocycles. The summed E-state index contributed by atoms with van der Waals surface area (Å²) in [6.07, 6.45) is 2.86. The molecule has 134 valence electrons. The highest BCUT2D eigenvalue weighted by molar-refractivity contribution is 7.15. The number of hydrogen-bond acceptors (Lipinski definition) is 5. The average Bonchev–Trinajstić information content (AvgIpc) is 3.09. The molecule has 0 spiro atoms. The molecule has 3 aromatic rings. The normalized spacial score (nSPS) is 10.4. The third-order valence-corrected chi connectivity index (χ3v) is 4.75. The zero-order valence-electron chi connectivity index (χ0n) is 14.7. The zero-order chi connectivity index (χ0) is 18.4. The molecule has 2 aromatic carbocycles. The van der Waals surface area contributed by atoms with E-state index in [1.54, 1.807) is 26.4 Å². The first-order valence-electron chi connectivity index (χ1n) is 8.17. The number of nitrogens with one attached hydrogen (secondary N) is 1. The molecule has 1 N–H and O–H groups in total. The van der Waals surface area contributed by atoms with Gasteiger partial charge in [-0.2, -0.15) is 0 Å². The second-order valence-electron chi connectivity index (χ2n) is 5.71. The molecule has 0 unspecified atom stereocenters. The van der Waals surface area contributed by atoms with E-state index in [4.69, 9.17) is 9.47 Å². The first-order chi connectivity index (χ1) is 12.7. The molecule has 1 heterocycles. The van der Waals surface area contributed by atoms with Crippen molar-refractivity contribution in [2.24, 2.45) is 0 Å². The number of carbonyl (C=O) groups is 1. The van der Waals surface area contributed by atoms with E-state index in [0.29, 0.717) is 16.6 Å². The fraction of sp³-hybridized carbons (Fsp3) is 0.200. The van der Waals surface area contributed by atoms with Gasteiger partial charge in [0.05, 0.1) is 20.6 Å². The Hall–Kier alpha value is -2.86. The summed E-state index contributed by atoms with van der Waals surface area (Å²) in [7, 11) is 3.16. The van der Waals surface area contributed by atoms with E-state index < -0.39 is 0 Å². The van der Waals surface area contributed by atoms with Crippen LogP contribution in [0.15, 0.2) is 54.7 Å². The summed E-state index contributed by atoms with van der Waals surface area (Å²) < 4.78 is 10.5. The topological polar surface area (TPSA) is 60.5 Å². The van der Waals surface area contributed by atoms with Crippen LogP contribution in [-0.4, -0.2) is 25.1 Å². The van der Waals surface area contributed by atoms with Crippen LogP contribution in [0.2, 0.25) is 0 Å². The Kier molecular flexibility index (Phi) is 5.86. The van der Waals surface area contributed by atoms with Crippen LogP contribution in [0, 0.1) is 0 Å². The van der Waals surface area contributed by atoms with E-state index in [1.165, 1.54) is 16.9 Å². The molecule has 26 heavy (non-hydrogen) atoms.